The molecule has 0 aliphatic carbocycles. The molecule has 0 spiro atoms. The predicted molar refractivity (Wildman–Crippen MR) is 59.9 cm³/mol. The molecule has 0 atom stereocenters. The van der Waals surface area contributed by atoms with Gasteiger partial charge in [0.1, 0.15) is 12.6 Å². The molecule has 0 fully saturated rings. The molecule has 1 aromatic rings. The molecule has 0 radical (unpaired) electrons. The summed E-state index contributed by atoms with van der Waals surface area (Å²) < 4.78 is 4.78. The number of benzene rings is 1. The number of carbonyl (C=O) groups is 1. The number of nitrogens with zero attached hydrogens (tertiary/aromatic N) is 1. The van der Waals surface area contributed by atoms with Gasteiger partial charge in [-0.3, -0.25) is 0 Å². The molecule has 1 aromatic carbocycles. The summed E-state index contributed by atoms with van der Waals surface area (Å²) in [7, 11) is 1.38. The van der Waals surface area contributed by atoms with E-state index in [9.17, 15) is 4.79 Å². The Labute approximate surface area is 96.0 Å². The van der Waals surface area contributed by atoms with E-state index < -0.39 is 5.97 Å². The molecule has 0 unspecified atom stereocenters. The first-order valence-electron chi connectivity index (χ1n) is 4.19. The number of rotatable bonds is 4. The van der Waals surface area contributed by atoms with Gasteiger partial charge < -0.3 is 9.57 Å². The van der Waals surface area contributed by atoms with Gasteiger partial charge in [0.25, 0.3) is 0 Å². The fourth-order valence-electron chi connectivity index (χ4n) is 1.01. The first-order valence-corrected chi connectivity index (χ1v) is 5.31. The zero-order chi connectivity index (χ0) is 11.1. The van der Waals surface area contributed by atoms with E-state index in [2.05, 4.69) is 25.9 Å². The van der Waals surface area contributed by atoms with Crippen LogP contribution >= 0.6 is 15.9 Å². The Kier molecular flexibility index (Phi) is 4.83. The Morgan fingerprint density at radius 2 is 2.07 bits per heavy atom. The van der Waals surface area contributed by atoms with Crippen molar-refractivity contribution in [3.05, 3.63) is 35.9 Å². The molecule has 0 N–H and O–H groups in total. The summed E-state index contributed by atoms with van der Waals surface area (Å²) in [6.45, 7) is 0. The van der Waals surface area contributed by atoms with Crippen LogP contribution in [0, 0.1) is 0 Å². The van der Waals surface area contributed by atoms with Crippen LogP contribution in [0.2, 0.25) is 0 Å². The quantitative estimate of drug-likeness (QED) is 0.364. The van der Waals surface area contributed by atoms with Crippen molar-refractivity contribution >= 4 is 27.6 Å². The summed E-state index contributed by atoms with van der Waals surface area (Å²) in [5, 5.41) is 3.63. The van der Waals surface area contributed by atoms with Crippen molar-refractivity contribution in [3.8, 4) is 0 Å². The maximum absolute atomic E-state index is 11.5. The zero-order valence-electron chi connectivity index (χ0n) is 8.14. The summed E-state index contributed by atoms with van der Waals surface area (Å²) in [6, 6.07) is 8.98. The fraction of sp³-hybridized carbons (Fsp3) is 0.200. The van der Waals surface area contributed by atoms with E-state index >= 15 is 0 Å². The van der Waals surface area contributed by atoms with Crippen LogP contribution in [0.3, 0.4) is 0 Å². The second-order valence-corrected chi connectivity index (χ2v) is 2.99. The first-order chi connectivity index (χ1) is 7.29. The van der Waals surface area contributed by atoms with Gasteiger partial charge in [0.05, 0.1) is 0 Å². The molecular formula is C10H10BrNO3. The lowest BCUT2D eigenvalue weighted by Crippen LogP contribution is -2.18. The fourth-order valence-corrected chi connectivity index (χ4v) is 1.22. The highest BCUT2D eigenvalue weighted by atomic mass is 79.9. The number of carbonyl (C=O) groups excluding carboxylic acids is 1. The van der Waals surface area contributed by atoms with Crippen LogP contribution in [-0.2, 0) is 14.4 Å². The van der Waals surface area contributed by atoms with Gasteiger partial charge in [0.2, 0.25) is 0 Å². The predicted octanol–water partition coefficient (Wildman–Crippen LogP) is 1.93. The third kappa shape index (κ3) is 3.36. The highest BCUT2D eigenvalue weighted by molar-refractivity contribution is 9.09. The van der Waals surface area contributed by atoms with Gasteiger partial charge in [-0.25, -0.2) is 4.79 Å². The molecule has 0 saturated carbocycles. The summed E-state index contributed by atoms with van der Waals surface area (Å²) in [5.41, 5.74) is 0.935. The Hall–Kier alpha value is -1.36. The molecule has 0 aliphatic rings. The third-order valence-corrected chi connectivity index (χ3v) is 1.84. The second-order valence-electron chi connectivity index (χ2n) is 2.53. The molecule has 5 heteroatoms. The van der Waals surface area contributed by atoms with Crippen molar-refractivity contribution in [1.82, 2.24) is 0 Å². The lowest BCUT2D eigenvalue weighted by molar-refractivity contribution is -0.133. The lowest BCUT2D eigenvalue weighted by atomic mass is 10.1. The molecule has 80 valence electrons. The van der Waals surface area contributed by atoms with Crippen LogP contribution in [0.1, 0.15) is 5.56 Å². The Morgan fingerprint density at radius 3 is 2.60 bits per heavy atom. The van der Waals surface area contributed by atoms with E-state index in [4.69, 9.17) is 4.74 Å². The maximum Gasteiger partial charge on any atom is 0.361 e. The molecule has 0 bridgehead atoms. The molecule has 1 rings (SSSR count). The molecular weight excluding hydrogens is 262 g/mol. The zero-order valence-corrected chi connectivity index (χ0v) is 9.73. The molecule has 0 saturated heterocycles. The topological polar surface area (TPSA) is 47.9 Å². The van der Waals surface area contributed by atoms with Crippen LogP contribution in [0.25, 0.3) is 0 Å². The van der Waals surface area contributed by atoms with E-state index in [-0.39, 0.29) is 11.2 Å². The van der Waals surface area contributed by atoms with Crippen LogP contribution in [-0.4, -0.2) is 24.3 Å². The smallest absolute Gasteiger partial charge is 0.361 e. The molecule has 0 amide bonds. The van der Waals surface area contributed by atoms with Gasteiger partial charge >= 0.3 is 5.97 Å². The minimum Gasteiger partial charge on any atom is -0.449 e. The maximum atomic E-state index is 11.5. The average Bonchev–Trinajstić information content (AvgIpc) is 2.27. The summed E-state index contributed by atoms with van der Waals surface area (Å²) >= 11 is 3.00. The van der Waals surface area contributed by atoms with Crippen molar-refractivity contribution < 1.29 is 14.4 Å². The number of esters is 1. The Morgan fingerprint density at radius 1 is 1.40 bits per heavy atom. The highest BCUT2D eigenvalue weighted by Crippen LogP contribution is 2.04. The van der Waals surface area contributed by atoms with Gasteiger partial charge in [0.15, 0.2) is 5.71 Å². The third-order valence-electron chi connectivity index (χ3n) is 1.61. The lowest BCUT2D eigenvalue weighted by Gasteiger charge is -2.03. The average molecular weight is 272 g/mol. The largest absolute Gasteiger partial charge is 0.449 e. The first kappa shape index (κ1) is 11.7. The monoisotopic (exact) mass is 271 g/mol. The summed E-state index contributed by atoms with van der Waals surface area (Å²) in [4.78, 5) is 16.1. The van der Waals surface area contributed by atoms with Crippen LogP contribution in [0.5, 0.6) is 0 Å². The van der Waals surface area contributed by atoms with Crippen molar-refractivity contribution in [2.45, 2.75) is 0 Å². The number of hydrogen-bond acceptors (Lipinski definition) is 4. The molecule has 15 heavy (non-hydrogen) atoms. The van der Waals surface area contributed by atoms with Crippen LogP contribution in [0.15, 0.2) is 35.5 Å². The van der Waals surface area contributed by atoms with E-state index in [0.29, 0.717) is 5.56 Å². The standard InChI is InChI=1S/C10H10BrNO3/c1-14-12-9(10(13)15-7-11)8-5-3-2-4-6-8/h2-6H,7H2,1H3. The summed E-state index contributed by atoms with van der Waals surface area (Å²) in [6.07, 6.45) is 0. The minimum absolute atomic E-state index is 0.126. The minimum atomic E-state index is -0.528. The Balaban J connectivity index is 2.94. The van der Waals surface area contributed by atoms with Crippen molar-refractivity contribution in [2.24, 2.45) is 5.16 Å². The number of ether oxygens (including phenoxy) is 1. The van der Waals surface area contributed by atoms with Crippen molar-refractivity contribution in [1.29, 1.82) is 0 Å². The van der Waals surface area contributed by atoms with Gasteiger partial charge in [0, 0.05) is 5.56 Å². The second kappa shape index (κ2) is 6.19. The highest BCUT2D eigenvalue weighted by Gasteiger charge is 2.15. The molecule has 0 aromatic heterocycles. The van der Waals surface area contributed by atoms with E-state index in [1.807, 2.05) is 18.2 Å². The number of oxime groups is 1. The van der Waals surface area contributed by atoms with Gasteiger partial charge in [-0.15, -0.1) is 0 Å². The SMILES string of the molecule is CON=C(C(=O)OCBr)c1ccccc1. The van der Waals surface area contributed by atoms with Crippen molar-refractivity contribution in [2.75, 3.05) is 12.6 Å². The number of halogens is 1. The normalized spacial score (nSPS) is 10.9. The Bertz CT molecular complexity index is 351. The van der Waals surface area contributed by atoms with Crippen molar-refractivity contribution in [3.63, 3.8) is 0 Å². The molecule has 0 heterocycles. The molecule has 4 nitrogen and oxygen atoms in total. The van der Waals surface area contributed by atoms with E-state index in [1.54, 1.807) is 12.1 Å². The van der Waals surface area contributed by atoms with Crippen LogP contribution < -0.4 is 0 Å². The number of hydrogen-bond donors (Lipinski definition) is 0. The van der Waals surface area contributed by atoms with E-state index in [0.717, 1.165) is 0 Å². The van der Waals surface area contributed by atoms with Gasteiger partial charge in [-0.2, -0.15) is 0 Å². The van der Waals surface area contributed by atoms with Gasteiger partial charge in [-0.1, -0.05) is 35.5 Å². The molecule has 0 aliphatic heterocycles. The summed E-state index contributed by atoms with van der Waals surface area (Å²) in [5.74, 6) is -0.528. The van der Waals surface area contributed by atoms with Crippen LogP contribution in [0.4, 0.5) is 0 Å². The van der Waals surface area contributed by atoms with Gasteiger partial charge in [-0.05, 0) is 15.9 Å². The van der Waals surface area contributed by atoms with E-state index in [1.165, 1.54) is 7.11 Å². The number of alkyl halides is 1.